The van der Waals surface area contributed by atoms with Gasteiger partial charge in [0.2, 0.25) is 0 Å². The van der Waals surface area contributed by atoms with Crippen molar-refractivity contribution in [3.8, 4) is 11.5 Å². The van der Waals surface area contributed by atoms with Crippen LogP contribution in [0.4, 0.5) is 0 Å². The normalized spacial score (nSPS) is 16.7. The molecule has 2 aliphatic rings. The topological polar surface area (TPSA) is 33.7 Å². The maximum Gasteiger partial charge on any atom is 0.169 e. The van der Waals surface area contributed by atoms with Crippen molar-refractivity contribution in [3.05, 3.63) is 23.3 Å². The smallest absolute Gasteiger partial charge is 0.169 e. The number of rotatable bonds is 3. The van der Waals surface area contributed by atoms with Gasteiger partial charge in [-0.1, -0.05) is 13.3 Å². The molecule has 2 heterocycles. The molecule has 0 spiro atoms. The molecule has 22 heavy (non-hydrogen) atoms. The van der Waals surface area contributed by atoms with Crippen LogP contribution < -0.4 is 14.8 Å². The summed E-state index contributed by atoms with van der Waals surface area (Å²) in [5.41, 5.74) is 2.66. The second-order valence-electron chi connectivity index (χ2n) is 5.88. The van der Waals surface area contributed by atoms with Gasteiger partial charge in [0.15, 0.2) is 16.6 Å². The van der Waals surface area contributed by atoms with E-state index in [1.165, 1.54) is 17.5 Å². The Bertz CT molecular complexity index is 548. The Hall–Kier alpha value is -1.49. The molecule has 120 valence electrons. The number of hydrogen-bond donors (Lipinski definition) is 1. The highest BCUT2D eigenvalue weighted by Crippen LogP contribution is 2.35. The second kappa shape index (κ2) is 7.18. The van der Waals surface area contributed by atoms with Crippen molar-refractivity contribution in [1.82, 2.24) is 10.2 Å². The van der Waals surface area contributed by atoms with E-state index in [1.54, 1.807) is 0 Å². The van der Waals surface area contributed by atoms with Gasteiger partial charge in [0.25, 0.3) is 0 Å². The van der Waals surface area contributed by atoms with Crippen LogP contribution in [0, 0.1) is 0 Å². The molecule has 5 heteroatoms. The fourth-order valence-corrected chi connectivity index (χ4v) is 3.13. The molecule has 2 aliphatic heterocycles. The van der Waals surface area contributed by atoms with Crippen LogP contribution in [-0.4, -0.2) is 36.3 Å². The lowest BCUT2D eigenvalue weighted by molar-refractivity contribution is 0.297. The van der Waals surface area contributed by atoms with Crippen LogP contribution in [-0.2, 0) is 13.0 Å². The van der Waals surface area contributed by atoms with E-state index in [-0.39, 0.29) is 0 Å². The van der Waals surface area contributed by atoms with Crippen LogP contribution in [0.5, 0.6) is 11.5 Å². The summed E-state index contributed by atoms with van der Waals surface area (Å²) in [5, 5.41) is 4.22. The first-order valence-corrected chi connectivity index (χ1v) is 8.63. The summed E-state index contributed by atoms with van der Waals surface area (Å²) >= 11 is 5.52. The molecule has 0 aliphatic carbocycles. The van der Waals surface area contributed by atoms with Gasteiger partial charge in [0.05, 0.1) is 13.2 Å². The largest absolute Gasteiger partial charge is 0.490 e. The minimum atomic E-state index is 0.729. The molecule has 0 amide bonds. The van der Waals surface area contributed by atoms with E-state index in [2.05, 4.69) is 29.3 Å². The number of ether oxygens (including phenoxy) is 2. The third-order valence-electron chi connectivity index (χ3n) is 4.18. The highest BCUT2D eigenvalue weighted by Gasteiger charge is 2.22. The summed E-state index contributed by atoms with van der Waals surface area (Å²) in [6.07, 6.45) is 4.28. The zero-order valence-electron chi connectivity index (χ0n) is 13.2. The Morgan fingerprint density at radius 3 is 2.68 bits per heavy atom. The summed E-state index contributed by atoms with van der Waals surface area (Å²) in [6.45, 7) is 6.43. The van der Waals surface area contributed by atoms with Crippen LogP contribution in [0.1, 0.15) is 37.3 Å². The fraction of sp³-hybridized carbons (Fsp3) is 0.588. The molecule has 1 aromatic carbocycles. The van der Waals surface area contributed by atoms with Crippen LogP contribution >= 0.6 is 12.2 Å². The van der Waals surface area contributed by atoms with Gasteiger partial charge >= 0.3 is 0 Å². The van der Waals surface area contributed by atoms with E-state index in [1.807, 2.05) is 0 Å². The zero-order valence-corrected chi connectivity index (χ0v) is 14.0. The van der Waals surface area contributed by atoms with Crippen molar-refractivity contribution in [2.45, 2.75) is 39.2 Å². The molecular formula is C17H24N2O2S. The molecule has 0 saturated heterocycles. The molecule has 0 radical (unpaired) electrons. The lowest BCUT2D eigenvalue weighted by atomic mass is 9.99. The summed E-state index contributed by atoms with van der Waals surface area (Å²) in [5.74, 6) is 1.77. The maximum absolute atomic E-state index is 5.80. The van der Waals surface area contributed by atoms with E-state index in [4.69, 9.17) is 21.7 Å². The number of thiocarbonyl (C=S) groups is 1. The molecule has 0 unspecified atom stereocenters. The van der Waals surface area contributed by atoms with E-state index >= 15 is 0 Å². The van der Waals surface area contributed by atoms with Crippen LogP contribution in [0.25, 0.3) is 0 Å². The summed E-state index contributed by atoms with van der Waals surface area (Å²) < 4.78 is 11.6. The van der Waals surface area contributed by atoms with Crippen LogP contribution in [0.3, 0.4) is 0 Å². The third kappa shape index (κ3) is 3.46. The van der Waals surface area contributed by atoms with Gasteiger partial charge in [0.1, 0.15) is 0 Å². The van der Waals surface area contributed by atoms with Crippen molar-refractivity contribution < 1.29 is 9.47 Å². The lowest BCUT2D eigenvalue weighted by Crippen LogP contribution is -2.42. The fourth-order valence-electron chi connectivity index (χ4n) is 2.87. The first kappa shape index (κ1) is 15.4. The van der Waals surface area contributed by atoms with Gasteiger partial charge in [-0.2, -0.15) is 0 Å². The standard InChI is InChI=1S/C17H24N2O2S/c1-2-3-6-18-17(22)19-7-5-13-10-15-16(11-14(13)12-19)21-9-4-8-20-15/h10-11H,2-9,12H2,1H3,(H,18,22). The highest BCUT2D eigenvalue weighted by atomic mass is 32.1. The zero-order chi connectivity index (χ0) is 15.4. The van der Waals surface area contributed by atoms with Crippen molar-refractivity contribution >= 4 is 17.3 Å². The summed E-state index contributed by atoms with van der Waals surface area (Å²) in [6, 6.07) is 4.29. The Labute approximate surface area is 137 Å². The Morgan fingerprint density at radius 2 is 1.95 bits per heavy atom. The molecule has 3 rings (SSSR count). The molecule has 0 saturated carbocycles. The van der Waals surface area contributed by atoms with Crippen molar-refractivity contribution in [3.63, 3.8) is 0 Å². The van der Waals surface area contributed by atoms with Crippen LogP contribution in [0.15, 0.2) is 12.1 Å². The lowest BCUT2D eigenvalue weighted by Gasteiger charge is -2.31. The summed E-state index contributed by atoms with van der Waals surface area (Å²) in [4.78, 5) is 2.25. The van der Waals surface area contributed by atoms with E-state index in [0.717, 1.165) is 68.7 Å². The Kier molecular flexibility index (Phi) is 5.03. The third-order valence-corrected chi connectivity index (χ3v) is 4.58. The number of nitrogens with one attached hydrogen (secondary N) is 1. The molecule has 0 bridgehead atoms. The van der Waals surface area contributed by atoms with Gasteiger partial charge in [0, 0.05) is 26.1 Å². The van der Waals surface area contributed by atoms with Gasteiger partial charge < -0.3 is 19.7 Å². The monoisotopic (exact) mass is 320 g/mol. The van der Waals surface area contributed by atoms with Crippen molar-refractivity contribution in [2.75, 3.05) is 26.3 Å². The first-order valence-electron chi connectivity index (χ1n) is 8.22. The minimum absolute atomic E-state index is 0.729. The first-order chi connectivity index (χ1) is 10.8. The number of hydrogen-bond acceptors (Lipinski definition) is 3. The highest BCUT2D eigenvalue weighted by molar-refractivity contribution is 7.80. The Morgan fingerprint density at radius 1 is 1.23 bits per heavy atom. The summed E-state index contributed by atoms with van der Waals surface area (Å²) in [7, 11) is 0. The molecular weight excluding hydrogens is 296 g/mol. The van der Waals surface area contributed by atoms with Gasteiger partial charge in [-0.05, 0) is 48.3 Å². The van der Waals surface area contributed by atoms with E-state index in [9.17, 15) is 0 Å². The van der Waals surface area contributed by atoms with Gasteiger partial charge in [-0.25, -0.2) is 0 Å². The molecule has 1 N–H and O–H groups in total. The molecule has 0 atom stereocenters. The molecule has 0 fully saturated rings. The molecule has 0 aromatic heterocycles. The van der Waals surface area contributed by atoms with Crippen molar-refractivity contribution in [2.24, 2.45) is 0 Å². The predicted molar refractivity (Wildman–Crippen MR) is 91.7 cm³/mol. The van der Waals surface area contributed by atoms with Crippen LogP contribution in [0.2, 0.25) is 0 Å². The Balaban J connectivity index is 1.70. The predicted octanol–water partition coefficient (Wildman–Crippen LogP) is 2.88. The average Bonchev–Trinajstić information content (AvgIpc) is 2.77. The maximum atomic E-state index is 5.80. The van der Waals surface area contributed by atoms with Gasteiger partial charge in [-0.15, -0.1) is 0 Å². The quantitative estimate of drug-likeness (QED) is 0.684. The van der Waals surface area contributed by atoms with E-state index < -0.39 is 0 Å². The van der Waals surface area contributed by atoms with E-state index in [0.29, 0.717) is 0 Å². The number of fused-ring (bicyclic) bond motifs is 2. The average molecular weight is 320 g/mol. The SMILES string of the molecule is CCCCNC(=S)N1CCc2cc3c(cc2C1)OCCCO3. The number of unbranched alkanes of at least 4 members (excludes halogenated alkanes) is 1. The minimum Gasteiger partial charge on any atom is -0.490 e. The molecule has 1 aromatic rings. The molecule has 4 nitrogen and oxygen atoms in total. The number of nitrogens with zero attached hydrogens (tertiary/aromatic N) is 1. The number of benzene rings is 1. The van der Waals surface area contributed by atoms with Gasteiger partial charge in [-0.3, -0.25) is 0 Å². The second-order valence-corrected chi connectivity index (χ2v) is 6.26. The van der Waals surface area contributed by atoms with Crippen molar-refractivity contribution in [1.29, 1.82) is 0 Å².